The van der Waals surface area contributed by atoms with Gasteiger partial charge in [-0.25, -0.2) is 0 Å². The van der Waals surface area contributed by atoms with Crippen molar-refractivity contribution >= 4 is 22.7 Å². The van der Waals surface area contributed by atoms with Crippen LogP contribution < -0.4 is 11.5 Å². The maximum Gasteiger partial charge on any atom is 0.370 e. The van der Waals surface area contributed by atoms with E-state index in [2.05, 4.69) is 0 Å². The van der Waals surface area contributed by atoms with E-state index in [0.717, 1.165) is 12.1 Å². The first kappa shape index (κ1) is 9.71. The molecule has 0 saturated heterocycles. The number of hydrogen-bond acceptors (Lipinski definition) is 6. The summed E-state index contributed by atoms with van der Waals surface area (Å²) in [6.45, 7) is 0. The lowest BCUT2D eigenvalue weighted by Crippen LogP contribution is -2.03. The number of nitrogens with zero attached hydrogens (tertiary/aromatic N) is 2. The molecule has 0 aliphatic carbocycles. The van der Waals surface area contributed by atoms with E-state index in [1.165, 1.54) is 0 Å². The number of nitro groups is 2. The van der Waals surface area contributed by atoms with Crippen molar-refractivity contribution in [1.82, 2.24) is 0 Å². The highest BCUT2D eigenvalue weighted by molar-refractivity contribution is 5.80. The van der Waals surface area contributed by atoms with Crippen LogP contribution in [0.25, 0.3) is 0 Å². The standard InChI is InChI=1S/C6H6N4O4/c7-3-1-2-4(9(11)12)6(5(3)8)10(13)14/h1-2H,7-8H2. The third-order valence-electron chi connectivity index (χ3n) is 1.61. The SMILES string of the molecule is Nc1ccc([N+](=O)[O-])c([N+](=O)[O-])c1N. The van der Waals surface area contributed by atoms with Gasteiger partial charge in [0, 0.05) is 6.07 Å². The van der Waals surface area contributed by atoms with Crippen LogP contribution in [-0.2, 0) is 0 Å². The Kier molecular flexibility index (Phi) is 2.19. The quantitative estimate of drug-likeness (QED) is 0.406. The number of nitro benzene ring substituents is 2. The van der Waals surface area contributed by atoms with E-state index in [1.807, 2.05) is 0 Å². The van der Waals surface area contributed by atoms with Crippen LogP contribution in [0.4, 0.5) is 22.7 Å². The summed E-state index contributed by atoms with van der Waals surface area (Å²) in [7, 11) is 0. The molecule has 4 N–H and O–H groups in total. The second-order valence-corrected chi connectivity index (χ2v) is 2.45. The molecule has 0 aliphatic heterocycles. The molecular formula is C6H6N4O4. The molecule has 0 saturated carbocycles. The molecule has 74 valence electrons. The van der Waals surface area contributed by atoms with Gasteiger partial charge in [-0.15, -0.1) is 0 Å². The number of benzene rings is 1. The van der Waals surface area contributed by atoms with Crippen LogP contribution in [0.2, 0.25) is 0 Å². The number of nitrogens with two attached hydrogens (primary N) is 2. The Morgan fingerprint density at radius 3 is 2.07 bits per heavy atom. The van der Waals surface area contributed by atoms with E-state index in [0.29, 0.717) is 0 Å². The largest absolute Gasteiger partial charge is 0.397 e. The molecule has 0 radical (unpaired) electrons. The van der Waals surface area contributed by atoms with Crippen molar-refractivity contribution in [3.8, 4) is 0 Å². The van der Waals surface area contributed by atoms with E-state index in [-0.39, 0.29) is 11.4 Å². The van der Waals surface area contributed by atoms with Gasteiger partial charge in [-0.1, -0.05) is 0 Å². The molecule has 0 aromatic heterocycles. The Labute approximate surface area is 77.4 Å². The molecule has 0 unspecified atom stereocenters. The zero-order chi connectivity index (χ0) is 10.9. The first-order valence-corrected chi connectivity index (χ1v) is 3.42. The summed E-state index contributed by atoms with van der Waals surface area (Å²) >= 11 is 0. The van der Waals surface area contributed by atoms with Crippen LogP contribution in [0.1, 0.15) is 0 Å². The van der Waals surface area contributed by atoms with Gasteiger partial charge >= 0.3 is 11.4 Å². The summed E-state index contributed by atoms with van der Waals surface area (Å²) in [6, 6.07) is 2.10. The Balaban J connectivity index is 3.53. The highest BCUT2D eigenvalue weighted by Crippen LogP contribution is 2.36. The zero-order valence-electron chi connectivity index (χ0n) is 6.84. The lowest BCUT2D eigenvalue weighted by atomic mass is 10.2. The molecule has 0 heterocycles. The number of anilines is 2. The molecule has 1 aromatic rings. The molecule has 8 heteroatoms. The summed E-state index contributed by atoms with van der Waals surface area (Å²) in [5, 5.41) is 20.9. The topological polar surface area (TPSA) is 138 Å². The fourth-order valence-corrected chi connectivity index (χ4v) is 0.951. The Bertz CT molecular complexity index is 417. The third kappa shape index (κ3) is 1.40. The van der Waals surface area contributed by atoms with Crippen LogP contribution in [0.3, 0.4) is 0 Å². The minimum atomic E-state index is -0.927. The van der Waals surface area contributed by atoms with Crippen molar-refractivity contribution in [1.29, 1.82) is 0 Å². The summed E-state index contributed by atoms with van der Waals surface area (Å²) in [6.07, 6.45) is 0. The van der Waals surface area contributed by atoms with Crippen molar-refractivity contribution in [3.63, 3.8) is 0 Å². The highest BCUT2D eigenvalue weighted by Gasteiger charge is 2.28. The number of hydrogen-bond donors (Lipinski definition) is 2. The van der Waals surface area contributed by atoms with Gasteiger partial charge in [-0.05, 0) is 6.07 Å². The van der Waals surface area contributed by atoms with Gasteiger partial charge in [0.25, 0.3) is 0 Å². The summed E-state index contributed by atoms with van der Waals surface area (Å²) in [5.74, 6) is 0. The first-order chi connectivity index (χ1) is 6.45. The molecule has 14 heavy (non-hydrogen) atoms. The van der Waals surface area contributed by atoms with E-state index in [9.17, 15) is 20.2 Å². The molecule has 1 aromatic carbocycles. The van der Waals surface area contributed by atoms with Crippen LogP contribution in [0, 0.1) is 20.2 Å². The predicted octanol–water partition coefficient (Wildman–Crippen LogP) is 0.667. The maximum absolute atomic E-state index is 10.5. The van der Waals surface area contributed by atoms with Gasteiger partial charge in [0.1, 0.15) is 5.69 Å². The van der Waals surface area contributed by atoms with Crippen LogP contribution in [0.5, 0.6) is 0 Å². The monoisotopic (exact) mass is 198 g/mol. The van der Waals surface area contributed by atoms with Crippen molar-refractivity contribution in [2.45, 2.75) is 0 Å². The smallest absolute Gasteiger partial charge is 0.370 e. The molecule has 0 atom stereocenters. The maximum atomic E-state index is 10.5. The predicted molar refractivity (Wildman–Crippen MR) is 48.6 cm³/mol. The highest BCUT2D eigenvalue weighted by atomic mass is 16.6. The van der Waals surface area contributed by atoms with Crippen molar-refractivity contribution < 1.29 is 9.85 Å². The van der Waals surface area contributed by atoms with Crippen molar-refractivity contribution in [3.05, 3.63) is 32.4 Å². The van der Waals surface area contributed by atoms with E-state index in [4.69, 9.17) is 11.5 Å². The number of rotatable bonds is 2. The molecule has 1 rings (SSSR count). The van der Waals surface area contributed by atoms with Gasteiger partial charge in [-0.3, -0.25) is 20.2 Å². The molecule has 0 bridgehead atoms. The Morgan fingerprint density at radius 1 is 1.07 bits per heavy atom. The van der Waals surface area contributed by atoms with Gasteiger partial charge in [-0.2, -0.15) is 0 Å². The lowest BCUT2D eigenvalue weighted by molar-refractivity contribution is -0.421. The molecule has 8 nitrogen and oxygen atoms in total. The molecular weight excluding hydrogens is 192 g/mol. The zero-order valence-corrected chi connectivity index (χ0v) is 6.84. The first-order valence-electron chi connectivity index (χ1n) is 3.42. The molecule has 0 aliphatic rings. The number of nitrogen functional groups attached to an aromatic ring is 2. The Morgan fingerprint density at radius 2 is 1.64 bits per heavy atom. The lowest BCUT2D eigenvalue weighted by Gasteiger charge is -2.00. The molecule has 0 fully saturated rings. The van der Waals surface area contributed by atoms with E-state index in [1.54, 1.807) is 0 Å². The minimum Gasteiger partial charge on any atom is -0.397 e. The fraction of sp³-hybridized carbons (Fsp3) is 0. The second kappa shape index (κ2) is 3.17. The second-order valence-electron chi connectivity index (χ2n) is 2.45. The average molecular weight is 198 g/mol. The van der Waals surface area contributed by atoms with E-state index < -0.39 is 21.2 Å². The van der Waals surface area contributed by atoms with Gasteiger partial charge in [0.2, 0.25) is 0 Å². The molecule has 0 spiro atoms. The summed E-state index contributed by atoms with van der Waals surface area (Å²) < 4.78 is 0. The summed E-state index contributed by atoms with van der Waals surface area (Å²) in [4.78, 5) is 19.1. The van der Waals surface area contributed by atoms with Crippen LogP contribution in [0.15, 0.2) is 12.1 Å². The average Bonchev–Trinajstić information content (AvgIpc) is 2.08. The van der Waals surface area contributed by atoms with E-state index >= 15 is 0 Å². The van der Waals surface area contributed by atoms with Crippen LogP contribution >= 0.6 is 0 Å². The van der Waals surface area contributed by atoms with Gasteiger partial charge < -0.3 is 11.5 Å². The van der Waals surface area contributed by atoms with Gasteiger partial charge in [0.05, 0.1) is 15.5 Å². The third-order valence-corrected chi connectivity index (χ3v) is 1.61. The normalized spacial score (nSPS) is 9.71. The fourth-order valence-electron chi connectivity index (χ4n) is 0.951. The Hall–Kier alpha value is -2.38. The summed E-state index contributed by atoms with van der Waals surface area (Å²) in [5.41, 5.74) is 8.65. The van der Waals surface area contributed by atoms with Crippen molar-refractivity contribution in [2.75, 3.05) is 11.5 Å². The van der Waals surface area contributed by atoms with Gasteiger partial charge in [0.15, 0.2) is 0 Å². The minimum absolute atomic E-state index is 0.0534. The molecule has 0 amide bonds. The van der Waals surface area contributed by atoms with Crippen molar-refractivity contribution in [2.24, 2.45) is 0 Å². The van der Waals surface area contributed by atoms with Crippen LogP contribution in [-0.4, -0.2) is 9.85 Å².